The predicted octanol–water partition coefficient (Wildman–Crippen LogP) is 4.11. The third-order valence-electron chi connectivity index (χ3n) is 5.02. The highest BCUT2D eigenvalue weighted by molar-refractivity contribution is 6.31. The van der Waals surface area contributed by atoms with Gasteiger partial charge in [0, 0.05) is 49.1 Å². The maximum atomic E-state index is 12.7. The Bertz CT molecular complexity index is 945. The standard InChI is InChI=1S/C21H24ClN5O.2ClH/c1-13-6-16(10-25-20(13)9-23)21(28)26-19-8-18(22)7-17(15(19)3)12-27-5-4-24-14(2)11-27;;/h6-8,10,14,24H,4-5,11-12H2,1-3H3,(H,26,28);2*1H/t14-;;/m0../s1. The van der Waals surface area contributed by atoms with E-state index >= 15 is 0 Å². The Morgan fingerprint density at radius 2 is 2.10 bits per heavy atom. The van der Waals surface area contributed by atoms with Crippen LogP contribution in [0.15, 0.2) is 24.4 Å². The molecule has 3 rings (SSSR count). The summed E-state index contributed by atoms with van der Waals surface area (Å²) < 4.78 is 0. The van der Waals surface area contributed by atoms with Gasteiger partial charge in [0.15, 0.2) is 0 Å². The molecule has 1 aromatic carbocycles. The van der Waals surface area contributed by atoms with Crippen molar-refractivity contribution in [3.8, 4) is 6.07 Å². The van der Waals surface area contributed by atoms with Crippen molar-refractivity contribution in [2.45, 2.75) is 33.4 Å². The maximum Gasteiger partial charge on any atom is 0.257 e. The first-order valence-corrected chi connectivity index (χ1v) is 9.68. The summed E-state index contributed by atoms with van der Waals surface area (Å²) in [5.41, 5.74) is 4.20. The monoisotopic (exact) mass is 469 g/mol. The maximum absolute atomic E-state index is 12.7. The molecule has 0 spiro atoms. The number of nitrogens with one attached hydrogen (secondary N) is 2. The summed E-state index contributed by atoms with van der Waals surface area (Å²) in [6.45, 7) is 9.65. The second-order valence-corrected chi connectivity index (χ2v) is 7.72. The van der Waals surface area contributed by atoms with E-state index in [1.54, 1.807) is 19.1 Å². The van der Waals surface area contributed by atoms with Gasteiger partial charge >= 0.3 is 0 Å². The van der Waals surface area contributed by atoms with Gasteiger partial charge in [0.1, 0.15) is 11.8 Å². The molecule has 6 nitrogen and oxygen atoms in total. The van der Waals surface area contributed by atoms with Crippen molar-refractivity contribution in [3.63, 3.8) is 0 Å². The molecule has 162 valence electrons. The van der Waals surface area contributed by atoms with Crippen LogP contribution in [0.4, 0.5) is 5.69 Å². The average Bonchev–Trinajstić information content (AvgIpc) is 2.65. The smallest absolute Gasteiger partial charge is 0.257 e. The molecule has 1 amide bonds. The van der Waals surface area contributed by atoms with Crippen molar-refractivity contribution >= 4 is 48.0 Å². The number of aromatic nitrogens is 1. The fourth-order valence-electron chi connectivity index (χ4n) is 3.44. The minimum atomic E-state index is -0.271. The minimum Gasteiger partial charge on any atom is -0.322 e. The van der Waals surface area contributed by atoms with Gasteiger partial charge in [0.05, 0.1) is 5.56 Å². The van der Waals surface area contributed by atoms with Gasteiger partial charge in [0.25, 0.3) is 5.91 Å². The highest BCUT2D eigenvalue weighted by Gasteiger charge is 2.18. The first-order chi connectivity index (χ1) is 13.4. The van der Waals surface area contributed by atoms with Crippen LogP contribution in [0.25, 0.3) is 0 Å². The highest BCUT2D eigenvalue weighted by atomic mass is 35.5. The molecule has 1 aromatic heterocycles. The molecule has 2 N–H and O–H groups in total. The molecule has 2 aromatic rings. The van der Waals surface area contributed by atoms with E-state index in [1.165, 1.54) is 6.20 Å². The number of hydrogen-bond donors (Lipinski definition) is 2. The Kier molecular flexibility index (Phi) is 10.0. The number of anilines is 1. The van der Waals surface area contributed by atoms with Crippen molar-refractivity contribution < 1.29 is 4.79 Å². The van der Waals surface area contributed by atoms with Crippen molar-refractivity contribution in [2.75, 3.05) is 25.0 Å². The lowest BCUT2D eigenvalue weighted by molar-refractivity contribution is 0.102. The van der Waals surface area contributed by atoms with E-state index in [9.17, 15) is 4.79 Å². The van der Waals surface area contributed by atoms with Gasteiger partial charge < -0.3 is 10.6 Å². The van der Waals surface area contributed by atoms with Crippen LogP contribution in [0.2, 0.25) is 5.02 Å². The molecule has 1 atom stereocenters. The van der Waals surface area contributed by atoms with E-state index in [4.69, 9.17) is 16.9 Å². The molecule has 2 heterocycles. The van der Waals surface area contributed by atoms with Gasteiger partial charge in [-0.3, -0.25) is 9.69 Å². The number of carbonyl (C=O) groups is 1. The van der Waals surface area contributed by atoms with Gasteiger partial charge in [-0.15, -0.1) is 24.8 Å². The van der Waals surface area contributed by atoms with E-state index in [0.717, 1.165) is 37.3 Å². The minimum absolute atomic E-state index is 0. The molecule has 0 aliphatic carbocycles. The second kappa shape index (κ2) is 11.5. The number of amides is 1. The lowest BCUT2D eigenvalue weighted by Gasteiger charge is -2.32. The first kappa shape index (κ1) is 26.2. The number of halogens is 3. The fourth-order valence-corrected chi connectivity index (χ4v) is 3.68. The van der Waals surface area contributed by atoms with Crippen molar-refractivity contribution in [3.05, 3.63) is 57.4 Å². The summed E-state index contributed by atoms with van der Waals surface area (Å²) in [6.07, 6.45) is 1.42. The largest absolute Gasteiger partial charge is 0.322 e. The third kappa shape index (κ3) is 6.31. The number of rotatable bonds is 4. The van der Waals surface area contributed by atoms with Crippen molar-refractivity contribution in [1.82, 2.24) is 15.2 Å². The van der Waals surface area contributed by atoms with Crippen LogP contribution in [0.1, 0.15) is 39.7 Å². The molecule has 0 radical (unpaired) electrons. The number of nitriles is 1. The van der Waals surface area contributed by atoms with Crippen LogP contribution in [-0.4, -0.2) is 41.5 Å². The molecular weight excluding hydrogens is 445 g/mol. The van der Waals surface area contributed by atoms with Crippen LogP contribution < -0.4 is 10.6 Å². The van der Waals surface area contributed by atoms with Gasteiger partial charge in [-0.1, -0.05) is 11.6 Å². The van der Waals surface area contributed by atoms with Gasteiger partial charge in [-0.25, -0.2) is 4.98 Å². The zero-order valence-corrected chi connectivity index (χ0v) is 19.5. The van der Waals surface area contributed by atoms with Crippen molar-refractivity contribution in [2.24, 2.45) is 0 Å². The summed E-state index contributed by atoms with van der Waals surface area (Å²) in [5.74, 6) is -0.271. The highest BCUT2D eigenvalue weighted by Crippen LogP contribution is 2.27. The molecule has 0 unspecified atom stereocenters. The molecule has 0 bridgehead atoms. The van der Waals surface area contributed by atoms with E-state index in [0.29, 0.717) is 33.6 Å². The number of pyridine rings is 1. The molecule has 1 saturated heterocycles. The molecule has 0 saturated carbocycles. The Hall–Kier alpha value is -1.88. The van der Waals surface area contributed by atoms with E-state index in [2.05, 4.69) is 27.4 Å². The number of piperazine rings is 1. The van der Waals surface area contributed by atoms with E-state index in [-0.39, 0.29) is 30.7 Å². The van der Waals surface area contributed by atoms with Crippen molar-refractivity contribution in [1.29, 1.82) is 5.26 Å². The second-order valence-electron chi connectivity index (χ2n) is 7.28. The van der Waals surface area contributed by atoms with Gasteiger partial charge in [-0.05, 0) is 55.7 Å². The Balaban J connectivity index is 0.00000225. The molecule has 1 aliphatic heterocycles. The summed E-state index contributed by atoms with van der Waals surface area (Å²) in [7, 11) is 0. The summed E-state index contributed by atoms with van der Waals surface area (Å²) >= 11 is 6.33. The van der Waals surface area contributed by atoms with Crippen LogP contribution in [-0.2, 0) is 6.54 Å². The number of benzene rings is 1. The van der Waals surface area contributed by atoms with Crippen LogP contribution in [0, 0.1) is 25.2 Å². The summed E-state index contributed by atoms with van der Waals surface area (Å²) in [6, 6.07) is 7.87. The first-order valence-electron chi connectivity index (χ1n) is 9.30. The van der Waals surface area contributed by atoms with Crippen LogP contribution >= 0.6 is 36.4 Å². The number of carbonyl (C=O) groups excluding carboxylic acids is 1. The van der Waals surface area contributed by atoms with Gasteiger partial charge in [-0.2, -0.15) is 5.26 Å². The zero-order valence-electron chi connectivity index (χ0n) is 17.2. The SMILES string of the molecule is Cc1cc(C(=O)Nc2cc(Cl)cc(CN3CCN[C@@H](C)C3)c2C)cnc1C#N.Cl.Cl. The molecule has 9 heteroatoms. The van der Waals surface area contributed by atoms with Gasteiger partial charge in [0.2, 0.25) is 0 Å². The molecule has 30 heavy (non-hydrogen) atoms. The van der Waals surface area contributed by atoms with Crippen LogP contribution in [0.5, 0.6) is 0 Å². The Labute approximate surface area is 194 Å². The quantitative estimate of drug-likeness (QED) is 0.703. The normalized spacial score (nSPS) is 16.0. The number of hydrogen-bond acceptors (Lipinski definition) is 5. The number of aryl methyl sites for hydroxylation is 1. The summed E-state index contributed by atoms with van der Waals surface area (Å²) in [5, 5.41) is 16.0. The lowest BCUT2D eigenvalue weighted by atomic mass is 10.0. The molecule has 1 aliphatic rings. The lowest BCUT2D eigenvalue weighted by Crippen LogP contribution is -2.48. The molecule has 1 fully saturated rings. The van der Waals surface area contributed by atoms with E-state index in [1.807, 2.05) is 19.1 Å². The molecular formula is C21H26Cl3N5O. The van der Waals surface area contributed by atoms with E-state index < -0.39 is 0 Å². The van der Waals surface area contributed by atoms with Crippen LogP contribution in [0.3, 0.4) is 0 Å². The fraction of sp³-hybridized carbons (Fsp3) is 0.381. The average molecular weight is 471 g/mol. The predicted molar refractivity (Wildman–Crippen MR) is 125 cm³/mol. The zero-order chi connectivity index (χ0) is 20.3. The number of nitrogens with zero attached hydrogens (tertiary/aromatic N) is 3. The Morgan fingerprint density at radius 3 is 2.73 bits per heavy atom. The summed E-state index contributed by atoms with van der Waals surface area (Å²) in [4.78, 5) is 19.1. The topological polar surface area (TPSA) is 81.1 Å². The Morgan fingerprint density at radius 1 is 1.37 bits per heavy atom. The third-order valence-corrected chi connectivity index (χ3v) is 5.24.